The van der Waals surface area contributed by atoms with Crippen molar-refractivity contribution in [3.8, 4) is 0 Å². The van der Waals surface area contributed by atoms with E-state index in [0.29, 0.717) is 11.3 Å². The van der Waals surface area contributed by atoms with Crippen LogP contribution < -0.4 is 5.32 Å². The Morgan fingerprint density at radius 2 is 2.17 bits per heavy atom. The summed E-state index contributed by atoms with van der Waals surface area (Å²) in [5.74, 6) is 0.987. The highest BCUT2D eigenvalue weighted by Crippen LogP contribution is 2.30. The lowest BCUT2D eigenvalue weighted by Crippen LogP contribution is -2.00. The smallest absolute Gasteiger partial charge is 0.293 e. The van der Waals surface area contributed by atoms with Crippen LogP contribution in [0.1, 0.15) is 11.1 Å². The molecule has 0 radical (unpaired) electrons. The Morgan fingerprint density at radius 3 is 2.87 bits per heavy atom. The minimum absolute atomic E-state index is 0.0606. The molecule has 0 saturated carbocycles. The number of nitrogens with one attached hydrogen (secondary N) is 1. The number of anilines is 2. The predicted octanol–water partition coefficient (Wildman–Crippen LogP) is 3.32. The average molecular weight is 329 g/mol. The largest absolute Gasteiger partial charge is 0.392 e. The van der Waals surface area contributed by atoms with E-state index in [2.05, 4.69) is 10.3 Å². The molecule has 2 N–H and O–H groups in total. The van der Waals surface area contributed by atoms with Crippen molar-refractivity contribution in [2.75, 3.05) is 17.6 Å². The zero-order valence-electron chi connectivity index (χ0n) is 12.2. The van der Waals surface area contributed by atoms with Gasteiger partial charge in [0.05, 0.1) is 16.6 Å². The summed E-state index contributed by atoms with van der Waals surface area (Å²) in [7, 11) is 0. The fourth-order valence-corrected chi connectivity index (χ4v) is 3.18. The van der Waals surface area contributed by atoms with Gasteiger partial charge in [0.1, 0.15) is 5.69 Å². The van der Waals surface area contributed by atoms with E-state index in [0.717, 1.165) is 28.6 Å². The Kier molecular flexibility index (Phi) is 4.59. The third kappa shape index (κ3) is 3.52. The average Bonchev–Trinajstić information content (AvgIpc) is 3.10. The van der Waals surface area contributed by atoms with E-state index in [4.69, 9.17) is 5.11 Å². The Balaban J connectivity index is 1.90. The molecule has 2 aromatic carbocycles. The number of nitro groups is 1. The Bertz CT molecular complexity index is 777. The molecule has 0 atom stereocenters. The molecule has 118 valence electrons. The molecule has 7 heteroatoms. The molecule has 0 aliphatic carbocycles. The molecule has 23 heavy (non-hydrogen) atoms. The number of aliphatic hydroxyl groups excluding tert-OH is 1. The van der Waals surface area contributed by atoms with Crippen LogP contribution in [0.5, 0.6) is 0 Å². The summed E-state index contributed by atoms with van der Waals surface area (Å²) in [5, 5.41) is 24.4. The number of benzene rings is 2. The third-order valence-electron chi connectivity index (χ3n) is 3.42. The molecule has 2 aromatic rings. The van der Waals surface area contributed by atoms with Gasteiger partial charge in [0.2, 0.25) is 0 Å². The maximum Gasteiger partial charge on any atom is 0.293 e. The van der Waals surface area contributed by atoms with Crippen molar-refractivity contribution in [1.82, 2.24) is 0 Å². The van der Waals surface area contributed by atoms with Crippen LogP contribution >= 0.6 is 11.8 Å². The van der Waals surface area contributed by atoms with E-state index in [1.807, 2.05) is 24.3 Å². The standard InChI is InChI=1S/C16H15N3O3S/c20-10-11-4-5-14(15(8-11)19(21)22)18-13-3-1-2-12(9-13)16-17-6-7-23-16/h1-5,8-9,18,20H,6-7,10H2. The third-order valence-corrected chi connectivity index (χ3v) is 4.44. The van der Waals surface area contributed by atoms with Gasteiger partial charge in [-0.25, -0.2) is 0 Å². The number of rotatable bonds is 5. The van der Waals surface area contributed by atoms with Crippen molar-refractivity contribution in [3.63, 3.8) is 0 Å². The first-order valence-corrected chi connectivity index (χ1v) is 8.09. The number of thioether (sulfide) groups is 1. The van der Waals surface area contributed by atoms with Gasteiger partial charge in [-0.1, -0.05) is 18.2 Å². The lowest BCUT2D eigenvalue weighted by Gasteiger charge is -2.09. The zero-order valence-corrected chi connectivity index (χ0v) is 13.0. The molecule has 0 bridgehead atoms. The quantitative estimate of drug-likeness (QED) is 0.649. The molecule has 0 aromatic heterocycles. The minimum atomic E-state index is -0.456. The summed E-state index contributed by atoms with van der Waals surface area (Å²) in [4.78, 5) is 15.2. The second kappa shape index (κ2) is 6.80. The highest BCUT2D eigenvalue weighted by atomic mass is 32.2. The van der Waals surface area contributed by atoms with Gasteiger partial charge in [0.15, 0.2) is 0 Å². The van der Waals surface area contributed by atoms with Gasteiger partial charge in [-0.2, -0.15) is 0 Å². The van der Waals surface area contributed by atoms with Crippen LogP contribution in [0, 0.1) is 10.1 Å². The molecular weight excluding hydrogens is 314 g/mol. The van der Waals surface area contributed by atoms with Crippen LogP contribution in [0.2, 0.25) is 0 Å². The molecular formula is C16H15N3O3S. The maximum absolute atomic E-state index is 11.2. The number of hydrogen-bond acceptors (Lipinski definition) is 6. The number of nitrogens with zero attached hydrogens (tertiary/aromatic N) is 2. The van der Waals surface area contributed by atoms with Crippen LogP contribution in [0.15, 0.2) is 47.5 Å². The fraction of sp³-hybridized carbons (Fsp3) is 0.188. The molecule has 0 saturated heterocycles. The second-order valence-corrected chi connectivity index (χ2v) is 6.09. The normalized spacial score (nSPS) is 13.7. The fourth-order valence-electron chi connectivity index (χ4n) is 2.33. The van der Waals surface area contributed by atoms with Crippen LogP contribution in [0.3, 0.4) is 0 Å². The summed E-state index contributed by atoms with van der Waals surface area (Å²) >= 11 is 1.71. The number of aliphatic hydroxyl groups is 1. The predicted molar refractivity (Wildman–Crippen MR) is 92.6 cm³/mol. The van der Waals surface area contributed by atoms with E-state index in [1.54, 1.807) is 23.9 Å². The van der Waals surface area contributed by atoms with Crippen molar-refractivity contribution in [2.45, 2.75) is 6.61 Å². The summed E-state index contributed by atoms with van der Waals surface area (Å²) in [6.45, 7) is 0.597. The van der Waals surface area contributed by atoms with Crippen LogP contribution in [-0.2, 0) is 6.61 Å². The Morgan fingerprint density at radius 1 is 1.30 bits per heavy atom. The van der Waals surface area contributed by atoms with E-state index in [9.17, 15) is 10.1 Å². The Hall–Kier alpha value is -2.38. The summed E-state index contributed by atoms with van der Waals surface area (Å²) in [6.07, 6.45) is 0. The summed E-state index contributed by atoms with van der Waals surface area (Å²) < 4.78 is 0. The number of hydrogen-bond donors (Lipinski definition) is 2. The first-order chi connectivity index (χ1) is 11.2. The van der Waals surface area contributed by atoms with Crippen LogP contribution in [0.4, 0.5) is 17.1 Å². The van der Waals surface area contributed by atoms with Gasteiger partial charge < -0.3 is 10.4 Å². The Labute approximate surface area is 137 Å². The lowest BCUT2D eigenvalue weighted by molar-refractivity contribution is -0.384. The van der Waals surface area contributed by atoms with Gasteiger partial charge in [-0.3, -0.25) is 15.1 Å². The number of nitro benzene ring substituents is 1. The molecule has 3 rings (SSSR count). The molecule has 0 spiro atoms. The number of aliphatic imine (C=N–C) groups is 1. The summed E-state index contributed by atoms with van der Waals surface area (Å²) in [5.41, 5.74) is 2.61. The van der Waals surface area contributed by atoms with Crippen molar-refractivity contribution in [3.05, 3.63) is 63.7 Å². The lowest BCUT2D eigenvalue weighted by atomic mass is 10.1. The van der Waals surface area contributed by atoms with E-state index in [1.165, 1.54) is 6.07 Å². The van der Waals surface area contributed by atoms with E-state index in [-0.39, 0.29) is 12.3 Å². The van der Waals surface area contributed by atoms with Gasteiger partial charge in [-0.15, -0.1) is 11.8 Å². The van der Waals surface area contributed by atoms with Crippen molar-refractivity contribution >= 4 is 33.9 Å². The van der Waals surface area contributed by atoms with E-state index < -0.39 is 4.92 Å². The second-order valence-electron chi connectivity index (χ2n) is 5.01. The SMILES string of the molecule is O=[N+]([O-])c1cc(CO)ccc1Nc1cccc(C2=NCCS2)c1. The molecule has 0 fully saturated rings. The van der Waals surface area contributed by atoms with Crippen molar-refractivity contribution < 1.29 is 10.0 Å². The zero-order chi connectivity index (χ0) is 16.2. The highest BCUT2D eigenvalue weighted by molar-refractivity contribution is 8.14. The molecule has 6 nitrogen and oxygen atoms in total. The topological polar surface area (TPSA) is 87.8 Å². The maximum atomic E-state index is 11.2. The summed E-state index contributed by atoms with van der Waals surface area (Å²) in [6, 6.07) is 12.3. The first-order valence-electron chi connectivity index (χ1n) is 7.10. The monoisotopic (exact) mass is 329 g/mol. The molecule has 0 amide bonds. The van der Waals surface area contributed by atoms with Gasteiger partial charge in [0, 0.05) is 29.6 Å². The van der Waals surface area contributed by atoms with Gasteiger partial charge in [-0.05, 0) is 23.8 Å². The van der Waals surface area contributed by atoms with Gasteiger partial charge >= 0.3 is 0 Å². The molecule has 1 aliphatic heterocycles. The molecule has 1 heterocycles. The molecule has 0 unspecified atom stereocenters. The first kappa shape index (κ1) is 15.5. The van der Waals surface area contributed by atoms with Crippen molar-refractivity contribution in [2.24, 2.45) is 4.99 Å². The van der Waals surface area contributed by atoms with Crippen molar-refractivity contribution in [1.29, 1.82) is 0 Å². The van der Waals surface area contributed by atoms with E-state index >= 15 is 0 Å². The van der Waals surface area contributed by atoms with Crippen LogP contribution in [0.25, 0.3) is 0 Å². The highest BCUT2D eigenvalue weighted by Gasteiger charge is 2.15. The minimum Gasteiger partial charge on any atom is -0.392 e. The van der Waals surface area contributed by atoms with Gasteiger partial charge in [0.25, 0.3) is 5.69 Å². The van der Waals surface area contributed by atoms with Crippen LogP contribution in [-0.4, -0.2) is 27.4 Å². The molecule has 1 aliphatic rings.